The number of carboxylic acids is 1. The summed E-state index contributed by atoms with van der Waals surface area (Å²) >= 11 is 0. The summed E-state index contributed by atoms with van der Waals surface area (Å²) in [7, 11) is 0. The minimum Gasteiger partial charge on any atom is -0.479 e. The zero-order chi connectivity index (χ0) is 18.4. The Morgan fingerprint density at radius 3 is 2.76 bits per heavy atom. The predicted octanol–water partition coefficient (Wildman–Crippen LogP) is 2.19. The summed E-state index contributed by atoms with van der Waals surface area (Å²) in [4.78, 5) is 14.8. The Morgan fingerprint density at radius 1 is 1.44 bits per heavy atom. The number of hydrogen-bond donors (Lipinski definition) is 2. The average molecular weight is 356 g/mol. The standard InChI is InChI=1S/C15H15F3N4O3/c1-15(2)21-10(11(25-15)14(23)24)7-3-4-9(8(16)5-7)22-13(12(17)18)19-6-20-22/h3-6,10-12,21H,1-2H3,(H,23,24). The number of carbonyl (C=O) groups is 1. The molecule has 2 aromatic rings. The van der Waals surface area contributed by atoms with Crippen molar-refractivity contribution >= 4 is 5.97 Å². The number of hydrogen-bond acceptors (Lipinski definition) is 5. The monoisotopic (exact) mass is 356 g/mol. The number of ether oxygens (including phenoxy) is 1. The lowest BCUT2D eigenvalue weighted by molar-refractivity contribution is -0.153. The van der Waals surface area contributed by atoms with Gasteiger partial charge in [-0.1, -0.05) is 6.07 Å². The molecule has 1 fully saturated rings. The Bertz CT molecular complexity index is 809. The highest BCUT2D eigenvalue weighted by atomic mass is 19.3. The van der Waals surface area contributed by atoms with E-state index >= 15 is 0 Å². The minimum atomic E-state index is -2.91. The fourth-order valence-corrected chi connectivity index (χ4v) is 2.79. The summed E-state index contributed by atoms with van der Waals surface area (Å²) < 4.78 is 46.4. The lowest BCUT2D eigenvalue weighted by atomic mass is 10.0. The van der Waals surface area contributed by atoms with Gasteiger partial charge in [-0.15, -0.1) is 0 Å². The van der Waals surface area contributed by atoms with E-state index in [1.165, 1.54) is 12.1 Å². The molecule has 3 rings (SSSR count). The van der Waals surface area contributed by atoms with Crippen LogP contribution in [0, 0.1) is 5.82 Å². The van der Waals surface area contributed by atoms with Gasteiger partial charge in [-0.25, -0.2) is 27.6 Å². The highest BCUT2D eigenvalue weighted by Crippen LogP contribution is 2.33. The van der Waals surface area contributed by atoms with Crippen molar-refractivity contribution in [3.8, 4) is 5.69 Å². The smallest absolute Gasteiger partial charge is 0.334 e. The zero-order valence-corrected chi connectivity index (χ0v) is 13.3. The Hall–Kier alpha value is -2.46. The second kappa shape index (κ2) is 6.12. The number of nitrogens with zero attached hydrogens (tertiary/aromatic N) is 3. The number of aromatic nitrogens is 3. The van der Waals surface area contributed by atoms with Crippen LogP contribution in [0.4, 0.5) is 13.2 Å². The van der Waals surface area contributed by atoms with Crippen LogP contribution in [-0.4, -0.2) is 37.7 Å². The maximum absolute atomic E-state index is 14.5. The molecule has 7 nitrogen and oxygen atoms in total. The summed E-state index contributed by atoms with van der Waals surface area (Å²) in [5.41, 5.74) is -0.794. The quantitative estimate of drug-likeness (QED) is 0.873. The molecule has 2 unspecified atom stereocenters. The largest absolute Gasteiger partial charge is 0.479 e. The number of carboxylic acid groups (broad SMARTS) is 1. The van der Waals surface area contributed by atoms with Crippen LogP contribution < -0.4 is 5.32 Å². The van der Waals surface area contributed by atoms with Crippen LogP contribution in [0.25, 0.3) is 5.69 Å². The van der Waals surface area contributed by atoms with Crippen molar-refractivity contribution in [3.63, 3.8) is 0 Å². The summed E-state index contributed by atoms with van der Waals surface area (Å²) in [6.45, 7) is 3.30. The minimum absolute atomic E-state index is 0.207. The van der Waals surface area contributed by atoms with Gasteiger partial charge in [0.05, 0.1) is 6.04 Å². The topological polar surface area (TPSA) is 89.3 Å². The third-order valence-corrected chi connectivity index (χ3v) is 3.80. The van der Waals surface area contributed by atoms with Crippen LogP contribution in [-0.2, 0) is 9.53 Å². The highest BCUT2D eigenvalue weighted by Gasteiger charge is 2.44. The molecule has 1 aliphatic heterocycles. The number of rotatable bonds is 4. The first-order chi connectivity index (χ1) is 11.7. The van der Waals surface area contributed by atoms with Gasteiger partial charge < -0.3 is 9.84 Å². The van der Waals surface area contributed by atoms with E-state index in [4.69, 9.17) is 4.74 Å². The van der Waals surface area contributed by atoms with Gasteiger partial charge in [-0.3, -0.25) is 5.32 Å². The molecule has 0 bridgehead atoms. The molecular weight excluding hydrogens is 341 g/mol. The van der Waals surface area contributed by atoms with Crippen LogP contribution in [0.15, 0.2) is 24.5 Å². The van der Waals surface area contributed by atoms with Crippen LogP contribution >= 0.6 is 0 Å². The molecule has 2 N–H and O–H groups in total. The average Bonchev–Trinajstić information content (AvgIpc) is 3.11. The molecule has 0 saturated carbocycles. The molecule has 0 amide bonds. The molecule has 0 aliphatic carbocycles. The summed E-state index contributed by atoms with van der Waals surface area (Å²) in [6.07, 6.45) is -3.21. The van der Waals surface area contributed by atoms with Crippen molar-refractivity contribution in [1.29, 1.82) is 0 Å². The van der Waals surface area contributed by atoms with E-state index in [-0.39, 0.29) is 5.69 Å². The molecule has 25 heavy (non-hydrogen) atoms. The lowest BCUT2D eigenvalue weighted by Crippen LogP contribution is -2.35. The molecule has 0 radical (unpaired) electrons. The molecule has 1 saturated heterocycles. The Kier molecular flexibility index (Phi) is 4.25. The van der Waals surface area contributed by atoms with Gasteiger partial charge in [0.15, 0.2) is 11.9 Å². The van der Waals surface area contributed by atoms with Crippen molar-refractivity contribution in [2.45, 2.75) is 38.1 Å². The van der Waals surface area contributed by atoms with E-state index in [0.29, 0.717) is 10.2 Å². The molecule has 2 heterocycles. The molecule has 1 aliphatic rings. The van der Waals surface area contributed by atoms with Gasteiger partial charge >= 0.3 is 5.97 Å². The number of aliphatic carboxylic acids is 1. The molecule has 1 aromatic heterocycles. The van der Waals surface area contributed by atoms with E-state index in [9.17, 15) is 23.1 Å². The maximum atomic E-state index is 14.5. The molecule has 10 heteroatoms. The number of benzene rings is 1. The van der Waals surface area contributed by atoms with Gasteiger partial charge in [0.2, 0.25) is 0 Å². The molecule has 1 aromatic carbocycles. The van der Waals surface area contributed by atoms with Gasteiger partial charge in [-0.2, -0.15) is 5.10 Å². The first-order valence-electron chi connectivity index (χ1n) is 7.36. The molecule has 134 valence electrons. The normalized spacial score (nSPS) is 22.5. The summed E-state index contributed by atoms with van der Waals surface area (Å²) in [5, 5.41) is 15.9. The van der Waals surface area contributed by atoms with E-state index in [2.05, 4.69) is 15.4 Å². The third-order valence-electron chi connectivity index (χ3n) is 3.80. The lowest BCUT2D eigenvalue weighted by Gasteiger charge is -2.18. The van der Waals surface area contributed by atoms with E-state index < -0.39 is 41.9 Å². The first-order valence-corrected chi connectivity index (χ1v) is 7.36. The Labute approximate surface area is 140 Å². The second-order valence-corrected chi connectivity index (χ2v) is 6.05. The zero-order valence-electron chi connectivity index (χ0n) is 13.3. The number of alkyl halides is 2. The fraction of sp³-hybridized carbons (Fsp3) is 0.400. The first kappa shape index (κ1) is 17.4. The Balaban J connectivity index is 1.97. The number of halogens is 3. The van der Waals surface area contributed by atoms with E-state index in [0.717, 1.165) is 12.4 Å². The van der Waals surface area contributed by atoms with Crippen molar-refractivity contribution in [1.82, 2.24) is 20.1 Å². The van der Waals surface area contributed by atoms with Gasteiger partial charge in [0.25, 0.3) is 6.43 Å². The maximum Gasteiger partial charge on any atom is 0.334 e. The van der Waals surface area contributed by atoms with Crippen molar-refractivity contribution < 1.29 is 27.8 Å². The molecular formula is C15H15F3N4O3. The van der Waals surface area contributed by atoms with Crippen molar-refractivity contribution in [2.75, 3.05) is 0 Å². The molecule has 2 atom stereocenters. The van der Waals surface area contributed by atoms with Crippen molar-refractivity contribution in [2.24, 2.45) is 0 Å². The van der Waals surface area contributed by atoms with Crippen molar-refractivity contribution in [3.05, 3.63) is 41.7 Å². The highest BCUT2D eigenvalue weighted by molar-refractivity contribution is 5.74. The van der Waals surface area contributed by atoms with Crippen LogP contribution in [0.1, 0.15) is 37.7 Å². The second-order valence-electron chi connectivity index (χ2n) is 6.05. The number of nitrogens with one attached hydrogen (secondary N) is 1. The third kappa shape index (κ3) is 3.22. The van der Waals surface area contributed by atoms with Crippen LogP contribution in [0.3, 0.4) is 0 Å². The van der Waals surface area contributed by atoms with Gasteiger partial charge in [0, 0.05) is 0 Å². The molecule has 0 spiro atoms. The summed E-state index contributed by atoms with van der Waals surface area (Å²) in [6, 6.07) is 2.97. The van der Waals surface area contributed by atoms with Gasteiger partial charge in [-0.05, 0) is 31.5 Å². The summed E-state index contributed by atoms with van der Waals surface area (Å²) in [5.74, 6) is -2.71. The van der Waals surface area contributed by atoms with Gasteiger partial charge in [0.1, 0.15) is 23.6 Å². The SMILES string of the molecule is CC1(C)NC(c2ccc(-n3ncnc3C(F)F)c(F)c2)C(C(=O)O)O1. The van der Waals surface area contributed by atoms with Crippen LogP contribution in [0.2, 0.25) is 0 Å². The van der Waals surface area contributed by atoms with E-state index in [1.807, 2.05) is 0 Å². The Morgan fingerprint density at radius 2 is 2.16 bits per heavy atom. The fourth-order valence-electron chi connectivity index (χ4n) is 2.79. The van der Waals surface area contributed by atoms with E-state index in [1.54, 1.807) is 13.8 Å². The van der Waals surface area contributed by atoms with Crippen LogP contribution in [0.5, 0.6) is 0 Å². The predicted molar refractivity (Wildman–Crippen MR) is 78.7 cm³/mol.